The first-order chi connectivity index (χ1) is 10.9. The van der Waals surface area contributed by atoms with Gasteiger partial charge in [-0.1, -0.05) is 0 Å². The fourth-order valence-corrected chi connectivity index (χ4v) is 3.19. The van der Waals surface area contributed by atoms with Crippen molar-refractivity contribution in [3.05, 3.63) is 23.6 Å². The lowest BCUT2D eigenvalue weighted by Crippen LogP contribution is -2.31. The van der Waals surface area contributed by atoms with Crippen molar-refractivity contribution < 1.29 is 14.3 Å². The molecule has 0 spiro atoms. The van der Waals surface area contributed by atoms with Gasteiger partial charge in [-0.25, -0.2) is 9.18 Å². The van der Waals surface area contributed by atoms with Gasteiger partial charge in [0.1, 0.15) is 16.9 Å². The normalized spacial score (nSPS) is 18.3. The Hall–Kier alpha value is -2.15. The number of nitrogens with zero attached hydrogens (tertiary/aromatic N) is 4. The largest absolute Gasteiger partial charge is 0.478 e. The molecule has 23 heavy (non-hydrogen) atoms. The van der Waals surface area contributed by atoms with E-state index in [1.807, 2.05) is 21.0 Å². The number of carboxylic acids is 1. The number of hydrogen-bond acceptors (Lipinski definition) is 4. The van der Waals surface area contributed by atoms with E-state index in [0.29, 0.717) is 18.0 Å². The molecule has 1 aliphatic heterocycles. The molecule has 0 aliphatic carbocycles. The number of carbonyl (C=O) groups is 1. The second-order valence-electron chi connectivity index (χ2n) is 6.16. The van der Waals surface area contributed by atoms with Crippen LogP contribution in [-0.4, -0.2) is 59.0 Å². The molecule has 0 radical (unpaired) electrons. The van der Waals surface area contributed by atoms with E-state index in [0.717, 1.165) is 25.2 Å². The zero-order valence-electron chi connectivity index (χ0n) is 13.6. The molecular weight excluding hydrogens is 299 g/mol. The van der Waals surface area contributed by atoms with Crippen LogP contribution >= 0.6 is 0 Å². The summed E-state index contributed by atoms with van der Waals surface area (Å²) in [6.45, 7) is 4.14. The number of aryl methyl sites for hydroxylation is 1. The highest BCUT2D eigenvalue weighted by Gasteiger charge is 2.28. The predicted molar refractivity (Wildman–Crippen MR) is 86.6 cm³/mol. The molecule has 1 fully saturated rings. The zero-order chi connectivity index (χ0) is 16.7. The van der Waals surface area contributed by atoms with Crippen molar-refractivity contribution in [2.75, 3.05) is 32.1 Å². The van der Waals surface area contributed by atoms with E-state index in [-0.39, 0.29) is 11.1 Å². The fraction of sp³-hybridized carbons (Fsp3) is 0.500. The summed E-state index contributed by atoms with van der Waals surface area (Å²) in [5.74, 6) is -2.01. The Morgan fingerprint density at radius 2 is 2.26 bits per heavy atom. The molecule has 2 heterocycles. The first-order valence-corrected chi connectivity index (χ1v) is 7.76. The van der Waals surface area contributed by atoms with Crippen molar-refractivity contribution in [2.24, 2.45) is 0 Å². The van der Waals surface area contributed by atoms with Crippen LogP contribution in [0.25, 0.3) is 10.9 Å². The van der Waals surface area contributed by atoms with Gasteiger partial charge < -0.3 is 14.9 Å². The molecule has 1 N–H and O–H groups in total. The summed E-state index contributed by atoms with van der Waals surface area (Å²) in [6, 6.07) is 1.75. The quantitative estimate of drug-likeness (QED) is 0.934. The van der Waals surface area contributed by atoms with E-state index in [9.17, 15) is 14.3 Å². The van der Waals surface area contributed by atoms with Crippen LogP contribution in [0.3, 0.4) is 0 Å². The lowest BCUT2D eigenvalue weighted by Gasteiger charge is -2.22. The Bertz CT molecular complexity index is 756. The Morgan fingerprint density at radius 3 is 2.83 bits per heavy atom. The van der Waals surface area contributed by atoms with Gasteiger partial charge >= 0.3 is 5.97 Å². The van der Waals surface area contributed by atoms with Crippen LogP contribution < -0.4 is 4.90 Å². The molecule has 6 nitrogen and oxygen atoms in total. The molecule has 1 aliphatic rings. The Morgan fingerprint density at radius 1 is 1.52 bits per heavy atom. The van der Waals surface area contributed by atoms with Gasteiger partial charge in [-0.15, -0.1) is 0 Å². The molecule has 1 aromatic heterocycles. The van der Waals surface area contributed by atoms with Crippen LogP contribution in [0.4, 0.5) is 10.1 Å². The Kier molecular flexibility index (Phi) is 3.97. The van der Waals surface area contributed by atoms with E-state index in [4.69, 9.17) is 0 Å². The molecule has 1 atom stereocenters. The lowest BCUT2D eigenvalue weighted by atomic mass is 10.1. The summed E-state index contributed by atoms with van der Waals surface area (Å²) in [7, 11) is 4.07. The highest BCUT2D eigenvalue weighted by Crippen LogP contribution is 2.33. The number of aromatic nitrogens is 2. The minimum absolute atomic E-state index is 0.225. The van der Waals surface area contributed by atoms with Crippen LogP contribution in [0.2, 0.25) is 0 Å². The van der Waals surface area contributed by atoms with Gasteiger partial charge in [-0.05, 0) is 33.5 Å². The van der Waals surface area contributed by atoms with E-state index in [1.165, 1.54) is 6.07 Å². The maximum atomic E-state index is 14.4. The van der Waals surface area contributed by atoms with Gasteiger partial charge in [0.05, 0.1) is 5.69 Å². The number of fused-ring (bicyclic) bond motifs is 1. The molecule has 0 amide bonds. The highest BCUT2D eigenvalue weighted by molar-refractivity contribution is 6.06. The minimum atomic E-state index is -1.28. The summed E-state index contributed by atoms with van der Waals surface area (Å²) in [6.07, 6.45) is 2.80. The van der Waals surface area contributed by atoms with E-state index < -0.39 is 11.8 Å². The van der Waals surface area contributed by atoms with Crippen LogP contribution in [-0.2, 0) is 6.54 Å². The molecule has 7 heteroatoms. The summed E-state index contributed by atoms with van der Waals surface area (Å²) in [5.41, 5.74) is 0.605. The smallest absolute Gasteiger partial charge is 0.341 e. The lowest BCUT2D eigenvalue weighted by molar-refractivity contribution is 0.0694. The molecule has 1 saturated heterocycles. The third-order valence-electron chi connectivity index (χ3n) is 4.55. The number of hydrogen-bond donors (Lipinski definition) is 1. The van der Waals surface area contributed by atoms with Crippen molar-refractivity contribution in [3.63, 3.8) is 0 Å². The minimum Gasteiger partial charge on any atom is -0.478 e. The zero-order valence-corrected chi connectivity index (χ0v) is 13.6. The topological polar surface area (TPSA) is 61.6 Å². The van der Waals surface area contributed by atoms with Crippen LogP contribution in [0, 0.1) is 5.82 Å². The number of carboxylic acid groups (broad SMARTS) is 1. The van der Waals surface area contributed by atoms with Gasteiger partial charge in [0.25, 0.3) is 0 Å². The molecule has 0 bridgehead atoms. The van der Waals surface area contributed by atoms with Gasteiger partial charge in [0, 0.05) is 37.3 Å². The van der Waals surface area contributed by atoms with Crippen LogP contribution in [0.15, 0.2) is 12.3 Å². The van der Waals surface area contributed by atoms with Gasteiger partial charge in [0.15, 0.2) is 0 Å². The van der Waals surface area contributed by atoms with Crippen molar-refractivity contribution >= 4 is 22.6 Å². The molecule has 2 aromatic rings. The SMILES string of the molecule is CCn1cc2c(N3CC[C@@H](N(C)C)C3)cc(F)c(C(=O)O)c2n1. The fourth-order valence-electron chi connectivity index (χ4n) is 3.19. The number of anilines is 1. The van der Waals surface area contributed by atoms with Gasteiger partial charge in [-0.2, -0.15) is 5.10 Å². The van der Waals surface area contributed by atoms with Crippen LogP contribution in [0.1, 0.15) is 23.7 Å². The van der Waals surface area contributed by atoms with E-state index >= 15 is 0 Å². The predicted octanol–water partition coefficient (Wildman–Crippen LogP) is 2.03. The third kappa shape index (κ3) is 2.65. The van der Waals surface area contributed by atoms with Crippen molar-refractivity contribution in [2.45, 2.75) is 25.9 Å². The number of halogens is 1. The summed E-state index contributed by atoms with van der Waals surface area (Å²) >= 11 is 0. The van der Waals surface area contributed by atoms with Gasteiger partial charge in [0.2, 0.25) is 0 Å². The van der Waals surface area contributed by atoms with Crippen molar-refractivity contribution in [1.29, 1.82) is 0 Å². The van der Waals surface area contributed by atoms with E-state index in [1.54, 1.807) is 10.9 Å². The number of likely N-dealkylation sites (N-methyl/N-ethyl adjacent to an activating group) is 1. The molecule has 3 rings (SSSR count). The number of rotatable bonds is 4. The van der Waals surface area contributed by atoms with E-state index in [2.05, 4.69) is 14.9 Å². The standard InChI is InChI=1S/C16H21FN4O2/c1-4-21-9-11-13(20-6-5-10(8-20)19(2)3)7-12(17)14(16(22)23)15(11)18-21/h7,9-10H,4-6,8H2,1-3H3,(H,22,23)/t10-/m1/s1. The maximum Gasteiger partial charge on any atom is 0.341 e. The Balaban J connectivity index is 2.13. The Labute approximate surface area is 134 Å². The number of aromatic carboxylic acids is 1. The number of benzene rings is 1. The summed E-state index contributed by atoms with van der Waals surface area (Å²) in [4.78, 5) is 15.7. The second-order valence-corrected chi connectivity index (χ2v) is 6.16. The molecule has 0 unspecified atom stereocenters. The average Bonchev–Trinajstić information content (AvgIpc) is 3.12. The first-order valence-electron chi connectivity index (χ1n) is 7.76. The molecular formula is C16H21FN4O2. The monoisotopic (exact) mass is 320 g/mol. The average molecular weight is 320 g/mol. The summed E-state index contributed by atoms with van der Waals surface area (Å²) < 4.78 is 16.0. The third-order valence-corrected chi connectivity index (χ3v) is 4.55. The maximum absolute atomic E-state index is 14.4. The second kappa shape index (κ2) is 5.81. The van der Waals surface area contributed by atoms with Crippen molar-refractivity contribution in [3.8, 4) is 0 Å². The van der Waals surface area contributed by atoms with Crippen LogP contribution in [0.5, 0.6) is 0 Å². The first kappa shape index (κ1) is 15.7. The van der Waals surface area contributed by atoms with Gasteiger partial charge in [-0.3, -0.25) is 4.68 Å². The highest BCUT2D eigenvalue weighted by atomic mass is 19.1. The van der Waals surface area contributed by atoms with Crippen molar-refractivity contribution in [1.82, 2.24) is 14.7 Å². The molecule has 124 valence electrons. The molecule has 0 saturated carbocycles. The molecule has 1 aromatic carbocycles. The summed E-state index contributed by atoms with van der Waals surface area (Å²) in [5, 5.41) is 14.3.